The highest BCUT2D eigenvalue weighted by Gasteiger charge is 2.08. The van der Waals surface area contributed by atoms with E-state index >= 15 is 0 Å². The summed E-state index contributed by atoms with van der Waals surface area (Å²) < 4.78 is 5.34. The average Bonchev–Trinajstić information content (AvgIpc) is 2.48. The molecule has 0 aliphatic carbocycles. The number of hydrogen-bond donors (Lipinski definition) is 0. The van der Waals surface area contributed by atoms with E-state index in [1.165, 1.54) is 24.4 Å². The second-order valence-electron chi connectivity index (χ2n) is 4.15. The highest BCUT2D eigenvalue weighted by molar-refractivity contribution is 6.33. The van der Waals surface area contributed by atoms with Crippen LogP contribution in [0.1, 0.15) is 12.5 Å². The monoisotopic (exact) mass is 304 g/mol. The largest absolute Gasteiger partial charge is 0.494 e. The lowest BCUT2D eigenvalue weighted by molar-refractivity contribution is -0.384. The molecule has 2 rings (SSSR count). The lowest BCUT2D eigenvalue weighted by atomic mass is 10.2. The average molecular weight is 305 g/mol. The van der Waals surface area contributed by atoms with Gasteiger partial charge in [0.2, 0.25) is 0 Å². The fourth-order valence-corrected chi connectivity index (χ4v) is 1.85. The van der Waals surface area contributed by atoms with Crippen LogP contribution in [-0.4, -0.2) is 17.7 Å². The van der Waals surface area contributed by atoms with E-state index in [4.69, 9.17) is 16.3 Å². The van der Waals surface area contributed by atoms with Crippen molar-refractivity contribution in [1.29, 1.82) is 0 Å². The van der Waals surface area contributed by atoms with E-state index in [0.717, 1.165) is 5.75 Å². The first-order valence-corrected chi connectivity index (χ1v) is 6.69. The number of halogens is 1. The van der Waals surface area contributed by atoms with Crippen LogP contribution < -0.4 is 4.74 Å². The molecule has 0 saturated carbocycles. The minimum Gasteiger partial charge on any atom is -0.494 e. The summed E-state index contributed by atoms with van der Waals surface area (Å²) in [6.45, 7) is 2.52. The second-order valence-corrected chi connectivity index (χ2v) is 4.56. The Morgan fingerprint density at radius 3 is 2.62 bits per heavy atom. The molecule has 0 unspecified atom stereocenters. The summed E-state index contributed by atoms with van der Waals surface area (Å²) in [5.74, 6) is 0.768. The Labute approximate surface area is 127 Å². The molecule has 0 radical (unpaired) electrons. The molecule has 0 N–H and O–H groups in total. The first-order valence-electron chi connectivity index (χ1n) is 6.31. The molecule has 21 heavy (non-hydrogen) atoms. The molecule has 5 nitrogen and oxygen atoms in total. The van der Waals surface area contributed by atoms with Crippen molar-refractivity contribution < 1.29 is 9.66 Å². The second kappa shape index (κ2) is 6.85. The fourth-order valence-electron chi connectivity index (χ4n) is 1.68. The minimum absolute atomic E-state index is 0.0208. The topological polar surface area (TPSA) is 64.7 Å². The third-order valence-corrected chi connectivity index (χ3v) is 3.04. The summed E-state index contributed by atoms with van der Waals surface area (Å²) in [7, 11) is 0. The molecule has 0 atom stereocenters. The molecule has 0 bridgehead atoms. The molecule has 0 heterocycles. The van der Waals surface area contributed by atoms with Crippen LogP contribution in [0.25, 0.3) is 0 Å². The third-order valence-electron chi connectivity index (χ3n) is 2.69. The number of non-ortho nitro benzene ring substituents is 1. The van der Waals surface area contributed by atoms with Gasteiger partial charge in [-0.05, 0) is 37.3 Å². The predicted octanol–water partition coefficient (Wildman–Crippen LogP) is 4.40. The van der Waals surface area contributed by atoms with Gasteiger partial charge in [-0.3, -0.25) is 15.1 Å². The van der Waals surface area contributed by atoms with Gasteiger partial charge in [-0.1, -0.05) is 11.6 Å². The number of rotatable bonds is 5. The normalized spacial score (nSPS) is 10.8. The van der Waals surface area contributed by atoms with E-state index in [0.29, 0.717) is 22.9 Å². The van der Waals surface area contributed by atoms with Crippen LogP contribution in [0.5, 0.6) is 5.75 Å². The highest BCUT2D eigenvalue weighted by Crippen LogP contribution is 2.22. The summed E-state index contributed by atoms with van der Waals surface area (Å²) in [5, 5.41) is 11.2. The number of hydrogen-bond acceptors (Lipinski definition) is 4. The van der Waals surface area contributed by atoms with Crippen LogP contribution in [0.2, 0.25) is 5.02 Å². The molecule has 0 spiro atoms. The van der Waals surface area contributed by atoms with Gasteiger partial charge in [0.15, 0.2) is 0 Å². The molecule has 2 aromatic rings. The van der Waals surface area contributed by atoms with Crippen LogP contribution in [0.15, 0.2) is 47.5 Å². The number of nitro groups is 1. The summed E-state index contributed by atoms with van der Waals surface area (Å²) in [4.78, 5) is 14.5. The molecule has 0 aromatic heterocycles. The maximum Gasteiger partial charge on any atom is 0.270 e. The van der Waals surface area contributed by atoms with Gasteiger partial charge in [0.25, 0.3) is 5.69 Å². The van der Waals surface area contributed by atoms with E-state index in [-0.39, 0.29) is 5.69 Å². The van der Waals surface area contributed by atoms with Crippen LogP contribution in [0, 0.1) is 10.1 Å². The molecule has 0 fully saturated rings. The zero-order valence-corrected chi connectivity index (χ0v) is 12.1. The summed E-state index contributed by atoms with van der Waals surface area (Å²) in [6.07, 6.45) is 1.50. The molecule has 0 saturated heterocycles. The fraction of sp³-hybridized carbons (Fsp3) is 0.133. The molecule has 6 heteroatoms. The lowest BCUT2D eigenvalue weighted by Crippen LogP contribution is -1.91. The van der Waals surface area contributed by atoms with Crippen LogP contribution in [-0.2, 0) is 0 Å². The quantitative estimate of drug-likeness (QED) is 0.467. The lowest BCUT2D eigenvalue weighted by Gasteiger charge is -2.02. The number of ether oxygens (including phenoxy) is 1. The minimum atomic E-state index is -0.468. The van der Waals surface area contributed by atoms with Gasteiger partial charge in [-0.2, -0.15) is 0 Å². The molecule has 0 aliphatic rings. The van der Waals surface area contributed by atoms with Crippen molar-refractivity contribution in [3.63, 3.8) is 0 Å². The van der Waals surface area contributed by atoms with Gasteiger partial charge in [-0.15, -0.1) is 0 Å². The van der Waals surface area contributed by atoms with Gasteiger partial charge >= 0.3 is 0 Å². The van der Waals surface area contributed by atoms with Crippen molar-refractivity contribution in [3.05, 3.63) is 63.2 Å². The molecule has 2 aromatic carbocycles. The van der Waals surface area contributed by atoms with Crippen LogP contribution in [0.4, 0.5) is 11.4 Å². The van der Waals surface area contributed by atoms with Crippen molar-refractivity contribution in [1.82, 2.24) is 0 Å². The Morgan fingerprint density at radius 1 is 1.29 bits per heavy atom. The van der Waals surface area contributed by atoms with Gasteiger partial charge in [0.1, 0.15) is 5.75 Å². The summed E-state index contributed by atoms with van der Waals surface area (Å²) >= 11 is 6.00. The van der Waals surface area contributed by atoms with Gasteiger partial charge < -0.3 is 4.74 Å². The van der Waals surface area contributed by atoms with Gasteiger partial charge in [0, 0.05) is 28.9 Å². The van der Waals surface area contributed by atoms with Crippen molar-refractivity contribution in [2.24, 2.45) is 4.99 Å². The maximum absolute atomic E-state index is 10.7. The third kappa shape index (κ3) is 4.03. The first-order chi connectivity index (χ1) is 10.1. The zero-order chi connectivity index (χ0) is 15.2. The van der Waals surface area contributed by atoms with Crippen molar-refractivity contribution in [2.45, 2.75) is 6.92 Å². The number of aliphatic imine (C=N–C) groups is 1. The van der Waals surface area contributed by atoms with Crippen LogP contribution >= 0.6 is 11.6 Å². The van der Waals surface area contributed by atoms with E-state index in [2.05, 4.69) is 4.99 Å². The van der Waals surface area contributed by atoms with Gasteiger partial charge in [-0.25, -0.2) is 0 Å². The Morgan fingerprint density at radius 2 is 2.00 bits per heavy atom. The number of nitrogens with zero attached hydrogens (tertiary/aromatic N) is 2. The van der Waals surface area contributed by atoms with Crippen molar-refractivity contribution in [2.75, 3.05) is 6.61 Å². The summed E-state index contributed by atoms with van der Waals surface area (Å²) in [6, 6.07) is 11.5. The van der Waals surface area contributed by atoms with Crippen molar-refractivity contribution >= 4 is 29.2 Å². The molecular formula is C15H13ClN2O3. The Kier molecular flexibility index (Phi) is 4.90. The summed E-state index contributed by atoms with van der Waals surface area (Å²) in [5.41, 5.74) is 1.19. The van der Waals surface area contributed by atoms with Crippen LogP contribution in [0.3, 0.4) is 0 Å². The van der Waals surface area contributed by atoms with E-state index in [1.54, 1.807) is 12.1 Å². The van der Waals surface area contributed by atoms with E-state index < -0.39 is 4.92 Å². The standard InChI is InChI=1S/C15H13ClN2O3/c1-2-21-14-6-3-12(4-7-14)17-10-11-9-13(18(19)20)5-8-15(11)16/h3-10H,2H2,1H3. The smallest absolute Gasteiger partial charge is 0.270 e. The maximum atomic E-state index is 10.7. The SMILES string of the molecule is CCOc1ccc(N=Cc2cc([N+](=O)[O-])ccc2Cl)cc1. The first kappa shape index (κ1) is 15.0. The Bertz CT molecular complexity index is 669. The number of nitro benzene ring substituents is 1. The predicted molar refractivity (Wildman–Crippen MR) is 83.0 cm³/mol. The highest BCUT2D eigenvalue weighted by atomic mass is 35.5. The van der Waals surface area contributed by atoms with E-state index in [9.17, 15) is 10.1 Å². The van der Waals surface area contributed by atoms with E-state index in [1.807, 2.05) is 19.1 Å². The van der Waals surface area contributed by atoms with Crippen molar-refractivity contribution in [3.8, 4) is 5.75 Å². The molecule has 0 amide bonds. The molecular weight excluding hydrogens is 292 g/mol. The van der Waals surface area contributed by atoms with Gasteiger partial charge in [0.05, 0.1) is 17.2 Å². The zero-order valence-electron chi connectivity index (χ0n) is 11.3. The Hall–Kier alpha value is -2.40. The molecule has 108 valence electrons. The number of benzene rings is 2. The Balaban J connectivity index is 2.20. The molecule has 0 aliphatic heterocycles.